The van der Waals surface area contributed by atoms with Gasteiger partial charge in [-0.3, -0.25) is 4.79 Å². The van der Waals surface area contributed by atoms with Crippen LogP contribution in [-0.4, -0.2) is 22.2 Å². The van der Waals surface area contributed by atoms with E-state index < -0.39 is 6.16 Å². The van der Waals surface area contributed by atoms with Gasteiger partial charge in [0, 0.05) is 12.8 Å². The van der Waals surface area contributed by atoms with E-state index in [2.05, 4.69) is 45.9 Å². The lowest BCUT2D eigenvalue weighted by molar-refractivity contribution is -0.121. The van der Waals surface area contributed by atoms with Gasteiger partial charge in [0.1, 0.15) is 5.78 Å². The van der Waals surface area contributed by atoms with Crippen molar-refractivity contribution in [3.63, 3.8) is 0 Å². The largest absolute Gasteiger partial charge is 0.503 e. The molecule has 0 bridgehead atoms. The molecule has 4 nitrogen and oxygen atoms in total. The molecule has 0 radical (unpaired) electrons. The van der Waals surface area contributed by atoms with Crippen molar-refractivity contribution in [2.45, 2.75) is 66.2 Å². The summed E-state index contributed by atoms with van der Waals surface area (Å²) < 4.78 is 0. The van der Waals surface area contributed by atoms with E-state index in [4.69, 9.17) is 15.0 Å². The Bertz CT molecular complexity index is 565. The molecule has 0 amide bonds. The average molecular weight is 334 g/mol. The third-order valence-corrected chi connectivity index (χ3v) is 4.99. The SMILES string of the molecule is Cc1ccc(CC(=O)CC2(C)CCC(C)CC2)c(C)c1.O=C(O)O. The topological polar surface area (TPSA) is 74.6 Å². The molecule has 1 aromatic rings. The molecule has 0 unspecified atom stereocenters. The van der Waals surface area contributed by atoms with E-state index in [0.29, 0.717) is 12.2 Å². The van der Waals surface area contributed by atoms with Crippen LogP contribution in [0.5, 0.6) is 0 Å². The summed E-state index contributed by atoms with van der Waals surface area (Å²) in [6.45, 7) is 8.85. The summed E-state index contributed by atoms with van der Waals surface area (Å²) in [5, 5.41) is 13.9. The Hall–Kier alpha value is -1.84. The molecule has 1 saturated carbocycles. The highest BCUT2D eigenvalue weighted by atomic mass is 16.6. The zero-order chi connectivity index (χ0) is 18.3. The molecular formula is C20H30O4. The van der Waals surface area contributed by atoms with Crippen LogP contribution in [0.4, 0.5) is 4.79 Å². The monoisotopic (exact) mass is 334 g/mol. The van der Waals surface area contributed by atoms with Crippen molar-refractivity contribution in [2.24, 2.45) is 11.3 Å². The maximum atomic E-state index is 12.4. The number of hydrogen-bond donors (Lipinski definition) is 2. The highest BCUT2D eigenvalue weighted by molar-refractivity contribution is 5.81. The predicted octanol–water partition coefficient (Wildman–Crippen LogP) is 5.24. The van der Waals surface area contributed by atoms with Crippen molar-refractivity contribution >= 4 is 11.9 Å². The van der Waals surface area contributed by atoms with E-state index in [9.17, 15) is 4.79 Å². The number of aryl methyl sites for hydroxylation is 2. The van der Waals surface area contributed by atoms with E-state index >= 15 is 0 Å². The molecule has 0 saturated heterocycles. The second-order valence-electron chi connectivity index (χ2n) is 7.60. The van der Waals surface area contributed by atoms with Gasteiger partial charge < -0.3 is 10.2 Å². The number of rotatable bonds is 4. The van der Waals surface area contributed by atoms with Crippen LogP contribution >= 0.6 is 0 Å². The first-order valence-corrected chi connectivity index (χ1v) is 8.61. The summed E-state index contributed by atoms with van der Waals surface area (Å²) in [7, 11) is 0. The zero-order valence-corrected chi connectivity index (χ0v) is 15.3. The molecule has 1 fully saturated rings. The summed E-state index contributed by atoms with van der Waals surface area (Å²) in [6.07, 6.45) is 4.53. The minimum atomic E-state index is -1.83. The van der Waals surface area contributed by atoms with Crippen LogP contribution in [-0.2, 0) is 11.2 Å². The Morgan fingerprint density at radius 1 is 1.17 bits per heavy atom. The fraction of sp³-hybridized carbons (Fsp3) is 0.600. The van der Waals surface area contributed by atoms with Crippen LogP contribution in [0.3, 0.4) is 0 Å². The molecule has 0 atom stereocenters. The third-order valence-electron chi connectivity index (χ3n) is 4.99. The molecule has 0 aliphatic heterocycles. The van der Waals surface area contributed by atoms with E-state index in [0.717, 1.165) is 12.3 Å². The minimum absolute atomic E-state index is 0.252. The summed E-state index contributed by atoms with van der Waals surface area (Å²) in [4.78, 5) is 21.0. The van der Waals surface area contributed by atoms with Gasteiger partial charge >= 0.3 is 6.16 Å². The molecule has 2 rings (SSSR count). The fourth-order valence-corrected chi connectivity index (χ4v) is 3.43. The highest BCUT2D eigenvalue weighted by Crippen LogP contribution is 2.41. The fourth-order valence-electron chi connectivity index (χ4n) is 3.43. The lowest BCUT2D eigenvalue weighted by atomic mass is 9.69. The van der Waals surface area contributed by atoms with Crippen LogP contribution in [0.1, 0.15) is 62.6 Å². The molecule has 134 valence electrons. The molecule has 2 N–H and O–H groups in total. The maximum Gasteiger partial charge on any atom is 0.503 e. The van der Waals surface area contributed by atoms with Crippen LogP contribution < -0.4 is 0 Å². The van der Waals surface area contributed by atoms with Crippen molar-refractivity contribution in [1.82, 2.24) is 0 Å². The van der Waals surface area contributed by atoms with E-state index in [1.807, 2.05) is 0 Å². The number of hydrogen-bond acceptors (Lipinski definition) is 2. The first-order chi connectivity index (χ1) is 11.1. The molecule has 0 heterocycles. The predicted molar refractivity (Wildman–Crippen MR) is 95.6 cm³/mol. The molecule has 0 aromatic heterocycles. The van der Waals surface area contributed by atoms with E-state index in [1.165, 1.54) is 42.4 Å². The van der Waals surface area contributed by atoms with Crippen molar-refractivity contribution < 1.29 is 19.8 Å². The second-order valence-corrected chi connectivity index (χ2v) is 7.60. The Morgan fingerprint density at radius 3 is 2.21 bits per heavy atom. The van der Waals surface area contributed by atoms with Gasteiger partial charge in [-0.2, -0.15) is 0 Å². The van der Waals surface area contributed by atoms with Gasteiger partial charge in [-0.1, -0.05) is 50.5 Å². The average Bonchev–Trinajstić information content (AvgIpc) is 2.45. The molecule has 4 heteroatoms. The van der Waals surface area contributed by atoms with Crippen LogP contribution in [0.2, 0.25) is 0 Å². The van der Waals surface area contributed by atoms with Crippen molar-refractivity contribution in [1.29, 1.82) is 0 Å². The standard InChI is InChI=1S/C19H28O.CH2O3/c1-14-7-9-19(4,10-8-14)13-18(20)12-17-6-5-15(2)11-16(17)3;2-1(3)4/h5-6,11,14H,7-10,12-13H2,1-4H3;(H2,2,3,4). The van der Waals surface area contributed by atoms with Gasteiger partial charge in [-0.15, -0.1) is 0 Å². The van der Waals surface area contributed by atoms with Crippen molar-refractivity contribution in [3.8, 4) is 0 Å². The molecule has 0 spiro atoms. The zero-order valence-electron chi connectivity index (χ0n) is 15.3. The van der Waals surface area contributed by atoms with E-state index in [1.54, 1.807) is 0 Å². The number of carbonyl (C=O) groups excluding carboxylic acids is 1. The number of benzene rings is 1. The van der Waals surface area contributed by atoms with Crippen molar-refractivity contribution in [2.75, 3.05) is 0 Å². The molecule has 1 aromatic carbocycles. The first-order valence-electron chi connectivity index (χ1n) is 8.61. The van der Waals surface area contributed by atoms with Gasteiger partial charge in [-0.25, -0.2) is 4.79 Å². The Labute approximate surface area is 144 Å². The minimum Gasteiger partial charge on any atom is -0.450 e. The molecule has 1 aliphatic carbocycles. The van der Waals surface area contributed by atoms with Gasteiger partial charge in [0.2, 0.25) is 0 Å². The smallest absolute Gasteiger partial charge is 0.450 e. The lowest BCUT2D eigenvalue weighted by Crippen LogP contribution is -2.27. The summed E-state index contributed by atoms with van der Waals surface area (Å²) >= 11 is 0. The number of Topliss-reactive ketones (excluding diaryl/α,β-unsaturated/α-hetero) is 1. The summed E-state index contributed by atoms with van der Waals surface area (Å²) in [5.74, 6) is 1.26. The van der Waals surface area contributed by atoms with Gasteiger partial charge in [0.05, 0.1) is 0 Å². The maximum absolute atomic E-state index is 12.4. The van der Waals surface area contributed by atoms with Gasteiger partial charge in [-0.05, 0) is 49.1 Å². The third kappa shape index (κ3) is 7.16. The first kappa shape index (κ1) is 20.2. The van der Waals surface area contributed by atoms with Crippen LogP contribution in [0.25, 0.3) is 0 Å². The lowest BCUT2D eigenvalue weighted by Gasteiger charge is -2.36. The molecular weight excluding hydrogens is 304 g/mol. The Morgan fingerprint density at radius 2 is 1.71 bits per heavy atom. The van der Waals surface area contributed by atoms with Crippen LogP contribution in [0.15, 0.2) is 18.2 Å². The Kier molecular flexibility index (Phi) is 7.46. The quantitative estimate of drug-likeness (QED) is 0.789. The van der Waals surface area contributed by atoms with Crippen molar-refractivity contribution in [3.05, 3.63) is 34.9 Å². The number of carbonyl (C=O) groups is 2. The second kappa shape index (κ2) is 8.86. The Balaban J connectivity index is 0.000000648. The highest BCUT2D eigenvalue weighted by Gasteiger charge is 2.31. The van der Waals surface area contributed by atoms with Crippen LogP contribution in [0, 0.1) is 25.2 Å². The van der Waals surface area contributed by atoms with Gasteiger partial charge in [0.25, 0.3) is 0 Å². The number of ketones is 1. The molecule has 1 aliphatic rings. The normalized spacial score (nSPS) is 23.1. The van der Waals surface area contributed by atoms with E-state index in [-0.39, 0.29) is 5.41 Å². The summed E-state index contributed by atoms with van der Waals surface area (Å²) in [6, 6.07) is 6.40. The number of carboxylic acid groups (broad SMARTS) is 2. The summed E-state index contributed by atoms with van der Waals surface area (Å²) in [5.41, 5.74) is 3.98. The molecule has 24 heavy (non-hydrogen) atoms. The van der Waals surface area contributed by atoms with Gasteiger partial charge in [0.15, 0.2) is 0 Å².